The fourth-order valence-corrected chi connectivity index (χ4v) is 2.64. The van der Waals surface area contributed by atoms with Crippen LogP contribution in [0.1, 0.15) is 0 Å². The highest BCUT2D eigenvalue weighted by molar-refractivity contribution is 7.85. The molecule has 0 spiro atoms. The Morgan fingerprint density at radius 3 is 2.28 bits per heavy atom. The molecule has 0 aliphatic rings. The first-order valence-electron chi connectivity index (χ1n) is 7.14. The number of fused-ring (bicyclic) bond motifs is 1. The van der Waals surface area contributed by atoms with E-state index < -0.39 is 15.3 Å². The smallest absolute Gasteiger partial charge is 0.326 e. The number of hydrogen-bond acceptors (Lipinski definition) is 6. The molecule has 8 nitrogen and oxygen atoms in total. The number of nitrogens with zero attached hydrogens (tertiary/aromatic N) is 4. The molecule has 0 saturated carbocycles. The standard InChI is InChI=1S/C13H10N2O3S.C3H3N3/c16-19(17,18)13-14-11-8-4-7-10(12(11)15-13)9-5-2-1-3-6-9;1-2-5-6-3-4-1/h1-8H,(H,14,15)(H,16,17,18);1-3H. The lowest BCUT2D eigenvalue weighted by molar-refractivity contribution is 0.476. The maximum absolute atomic E-state index is 11.1. The van der Waals surface area contributed by atoms with Crippen LogP contribution in [0.3, 0.4) is 0 Å². The van der Waals surface area contributed by atoms with Gasteiger partial charge in [0.25, 0.3) is 5.16 Å². The monoisotopic (exact) mass is 355 g/mol. The summed E-state index contributed by atoms with van der Waals surface area (Å²) < 4.78 is 31.3. The second-order valence-corrected chi connectivity index (χ2v) is 6.21. The Labute approximate surface area is 143 Å². The molecule has 126 valence electrons. The van der Waals surface area contributed by atoms with Crippen LogP contribution >= 0.6 is 0 Å². The first-order valence-corrected chi connectivity index (χ1v) is 8.58. The summed E-state index contributed by atoms with van der Waals surface area (Å²) in [7, 11) is -4.33. The molecule has 4 rings (SSSR count). The normalized spacial score (nSPS) is 10.9. The fourth-order valence-electron chi connectivity index (χ4n) is 2.19. The maximum Gasteiger partial charge on any atom is 0.328 e. The van der Waals surface area contributed by atoms with Crippen LogP contribution in [0.5, 0.6) is 0 Å². The molecule has 0 aliphatic heterocycles. The maximum atomic E-state index is 11.1. The highest BCUT2D eigenvalue weighted by Gasteiger charge is 2.16. The Morgan fingerprint density at radius 1 is 0.920 bits per heavy atom. The Bertz CT molecular complexity index is 1040. The zero-order valence-electron chi connectivity index (χ0n) is 12.8. The van der Waals surface area contributed by atoms with Gasteiger partial charge in [0.2, 0.25) is 0 Å². The van der Waals surface area contributed by atoms with Crippen LogP contribution in [0.15, 0.2) is 72.4 Å². The molecule has 0 amide bonds. The fraction of sp³-hybridized carbons (Fsp3) is 0. The third kappa shape index (κ3) is 4.03. The third-order valence-corrected chi connectivity index (χ3v) is 3.91. The van der Waals surface area contributed by atoms with Gasteiger partial charge in [0.1, 0.15) is 6.33 Å². The zero-order valence-corrected chi connectivity index (χ0v) is 13.6. The van der Waals surface area contributed by atoms with E-state index in [2.05, 4.69) is 25.1 Å². The first kappa shape index (κ1) is 16.7. The SMILES string of the molecule is O=S(=O)(O)c1nc2cccc(-c3ccccc3)c2[nH]1.c1cnncn1. The van der Waals surface area contributed by atoms with Crippen LogP contribution in [-0.2, 0) is 10.1 Å². The summed E-state index contributed by atoms with van der Waals surface area (Å²) in [6.07, 6.45) is 4.49. The lowest BCUT2D eigenvalue weighted by Gasteiger charge is -2.01. The van der Waals surface area contributed by atoms with E-state index >= 15 is 0 Å². The van der Waals surface area contributed by atoms with Gasteiger partial charge >= 0.3 is 10.1 Å². The number of aromatic amines is 1. The highest BCUT2D eigenvalue weighted by atomic mass is 32.2. The number of hydrogen-bond donors (Lipinski definition) is 2. The number of aromatic nitrogens is 5. The highest BCUT2D eigenvalue weighted by Crippen LogP contribution is 2.27. The van der Waals surface area contributed by atoms with E-state index in [9.17, 15) is 8.42 Å². The largest absolute Gasteiger partial charge is 0.328 e. The van der Waals surface area contributed by atoms with Crippen molar-refractivity contribution in [2.75, 3.05) is 0 Å². The van der Waals surface area contributed by atoms with Crippen LogP contribution in [0.25, 0.3) is 22.2 Å². The summed E-state index contributed by atoms with van der Waals surface area (Å²) in [5, 5.41) is 6.46. The summed E-state index contributed by atoms with van der Waals surface area (Å²) in [6, 6.07) is 14.9. The molecule has 0 atom stereocenters. The molecule has 0 radical (unpaired) electrons. The van der Waals surface area contributed by atoms with Crippen molar-refractivity contribution >= 4 is 21.2 Å². The van der Waals surface area contributed by atoms with Crippen LogP contribution < -0.4 is 0 Å². The number of para-hydroxylation sites is 1. The summed E-state index contributed by atoms with van der Waals surface area (Å²) in [5.41, 5.74) is 2.86. The number of H-pyrrole nitrogens is 1. The van der Waals surface area contributed by atoms with Gasteiger partial charge in [0, 0.05) is 11.8 Å². The van der Waals surface area contributed by atoms with Gasteiger partial charge in [-0.2, -0.15) is 13.5 Å². The molecule has 2 N–H and O–H groups in total. The van der Waals surface area contributed by atoms with Crippen LogP contribution in [0, 0.1) is 0 Å². The Hall–Kier alpha value is -3.17. The molecule has 25 heavy (non-hydrogen) atoms. The lowest BCUT2D eigenvalue weighted by Crippen LogP contribution is -1.99. The summed E-state index contributed by atoms with van der Waals surface area (Å²) in [6.45, 7) is 0. The zero-order chi connectivity index (χ0) is 17.7. The van der Waals surface area contributed by atoms with Gasteiger partial charge in [-0.15, -0.1) is 5.10 Å². The van der Waals surface area contributed by atoms with Crippen molar-refractivity contribution in [3.05, 3.63) is 67.3 Å². The summed E-state index contributed by atoms with van der Waals surface area (Å²) >= 11 is 0. The molecule has 9 heteroatoms. The van der Waals surface area contributed by atoms with E-state index in [0.717, 1.165) is 11.1 Å². The van der Waals surface area contributed by atoms with Crippen molar-refractivity contribution in [3.63, 3.8) is 0 Å². The third-order valence-electron chi connectivity index (χ3n) is 3.23. The van der Waals surface area contributed by atoms with Crippen molar-refractivity contribution in [1.29, 1.82) is 0 Å². The number of rotatable bonds is 2. The average molecular weight is 355 g/mol. The molecule has 0 saturated heterocycles. The Balaban J connectivity index is 0.000000258. The molecule has 2 aromatic carbocycles. The van der Waals surface area contributed by atoms with Crippen LogP contribution in [-0.4, -0.2) is 38.1 Å². The molecule has 2 aromatic heterocycles. The number of benzene rings is 2. The van der Waals surface area contributed by atoms with Gasteiger partial charge in [-0.1, -0.05) is 42.5 Å². The van der Waals surface area contributed by atoms with Crippen molar-refractivity contribution in [2.45, 2.75) is 5.16 Å². The molecule has 2 heterocycles. The van der Waals surface area contributed by atoms with E-state index in [0.29, 0.717) is 11.0 Å². The molecule has 0 bridgehead atoms. The Kier molecular flexibility index (Phi) is 4.78. The van der Waals surface area contributed by atoms with E-state index in [1.165, 1.54) is 12.5 Å². The van der Waals surface area contributed by atoms with Gasteiger partial charge in [0.15, 0.2) is 0 Å². The Morgan fingerprint density at radius 2 is 1.72 bits per heavy atom. The van der Waals surface area contributed by atoms with E-state index in [1.54, 1.807) is 18.3 Å². The summed E-state index contributed by atoms with van der Waals surface area (Å²) in [5.74, 6) is 0. The molecular formula is C16H13N5O3S. The van der Waals surface area contributed by atoms with Crippen LogP contribution in [0.4, 0.5) is 0 Å². The number of imidazole rings is 1. The lowest BCUT2D eigenvalue weighted by atomic mass is 10.0. The van der Waals surface area contributed by atoms with E-state index in [-0.39, 0.29) is 0 Å². The molecular weight excluding hydrogens is 342 g/mol. The number of nitrogens with one attached hydrogen (secondary N) is 1. The topological polar surface area (TPSA) is 122 Å². The van der Waals surface area contributed by atoms with Crippen molar-refractivity contribution in [1.82, 2.24) is 25.1 Å². The minimum atomic E-state index is -4.33. The van der Waals surface area contributed by atoms with Gasteiger partial charge in [-0.3, -0.25) is 4.55 Å². The average Bonchev–Trinajstić information content (AvgIpc) is 3.09. The van der Waals surface area contributed by atoms with Gasteiger partial charge in [-0.25, -0.2) is 9.97 Å². The summed E-state index contributed by atoms with van der Waals surface area (Å²) in [4.78, 5) is 10.1. The quantitative estimate of drug-likeness (QED) is 0.529. The van der Waals surface area contributed by atoms with E-state index in [1.807, 2.05) is 36.4 Å². The van der Waals surface area contributed by atoms with Crippen molar-refractivity contribution in [2.24, 2.45) is 0 Å². The minimum absolute atomic E-state index is 0.439. The first-order chi connectivity index (χ1) is 12.1. The predicted octanol–water partition coefficient (Wildman–Crippen LogP) is 2.35. The molecule has 0 fully saturated rings. The minimum Gasteiger partial charge on any atom is -0.326 e. The van der Waals surface area contributed by atoms with Crippen LogP contribution in [0.2, 0.25) is 0 Å². The second-order valence-electron chi connectivity index (χ2n) is 4.88. The van der Waals surface area contributed by atoms with Crippen molar-refractivity contribution in [3.8, 4) is 11.1 Å². The van der Waals surface area contributed by atoms with E-state index in [4.69, 9.17) is 4.55 Å². The van der Waals surface area contributed by atoms with Gasteiger partial charge in [-0.05, 0) is 11.6 Å². The molecule has 4 aromatic rings. The van der Waals surface area contributed by atoms with Crippen molar-refractivity contribution < 1.29 is 13.0 Å². The van der Waals surface area contributed by atoms with Gasteiger partial charge < -0.3 is 4.98 Å². The molecule has 0 unspecified atom stereocenters. The predicted molar refractivity (Wildman–Crippen MR) is 91.2 cm³/mol. The molecule has 0 aliphatic carbocycles. The van der Waals surface area contributed by atoms with Gasteiger partial charge in [0.05, 0.1) is 17.2 Å². The second kappa shape index (κ2) is 7.16.